The van der Waals surface area contributed by atoms with Crippen molar-refractivity contribution in [1.82, 2.24) is 31.2 Å². The average Bonchev–Trinajstić information content (AvgIpc) is 3.65. The van der Waals surface area contributed by atoms with E-state index >= 15 is 0 Å². The predicted molar refractivity (Wildman–Crippen MR) is 191 cm³/mol. The highest BCUT2D eigenvalue weighted by atomic mass is 16.5. The minimum atomic E-state index is -1.55. The number of aliphatic hydroxyl groups is 1. The van der Waals surface area contributed by atoms with Crippen LogP contribution in [-0.4, -0.2) is 69.2 Å². The maximum absolute atomic E-state index is 14.2. The maximum atomic E-state index is 14.2. The Labute approximate surface area is 294 Å². The number of alkyl carbamates (subject to hydrolysis) is 1. The van der Waals surface area contributed by atoms with Crippen molar-refractivity contribution in [3.63, 3.8) is 0 Å². The van der Waals surface area contributed by atoms with Crippen molar-refractivity contribution in [2.24, 2.45) is 5.92 Å². The van der Waals surface area contributed by atoms with Crippen LogP contribution in [0.1, 0.15) is 57.4 Å². The number of aliphatic hydroxyl groups excluding tert-OH is 1. The maximum Gasteiger partial charge on any atom is 0.408 e. The van der Waals surface area contributed by atoms with Gasteiger partial charge in [-0.3, -0.25) is 14.4 Å². The summed E-state index contributed by atoms with van der Waals surface area (Å²) >= 11 is 0. The second-order valence-corrected chi connectivity index (χ2v) is 12.9. The Morgan fingerprint density at radius 1 is 0.860 bits per heavy atom. The molecule has 0 aliphatic heterocycles. The first kappa shape index (κ1) is 36.1. The summed E-state index contributed by atoms with van der Waals surface area (Å²) in [6, 6.07) is 18.4. The third-order valence-corrected chi connectivity index (χ3v) is 8.38. The van der Waals surface area contributed by atoms with Crippen molar-refractivity contribution in [2.45, 2.75) is 90.3 Å². The minimum absolute atomic E-state index is 0.00541. The van der Waals surface area contributed by atoms with E-state index in [0.717, 1.165) is 10.8 Å². The average molecular weight is 686 g/mol. The van der Waals surface area contributed by atoms with Crippen LogP contribution in [0, 0.1) is 5.92 Å². The third-order valence-electron chi connectivity index (χ3n) is 8.38. The molecule has 4 amide bonds. The van der Waals surface area contributed by atoms with Crippen molar-refractivity contribution in [1.29, 1.82) is 0 Å². The smallest absolute Gasteiger partial charge is 0.408 e. The molecule has 0 fully saturated rings. The number of nitrogens with zero attached hydrogens (tertiary/aromatic N) is 1. The first-order valence-corrected chi connectivity index (χ1v) is 17.0. The lowest BCUT2D eigenvalue weighted by molar-refractivity contribution is -0.135. The van der Waals surface area contributed by atoms with Crippen molar-refractivity contribution in [3.8, 4) is 0 Å². The summed E-state index contributed by atoms with van der Waals surface area (Å²) in [5, 5.41) is 21.6. The highest BCUT2D eigenvalue weighted by Gasteiger charge is 2.33. The number of hydrogen-bond donors (Lipinski definition) is 6. The number of nitrogens with one attached hydrogen (secondary N) is 5. The van der Waals surface area contributed by atoms with Gasteiger partial charge >= 0.3 is 6.09 Å². The molecule has 4 aromatic rings. The lowest BCUT2D eigenvalue weighted by atomic mass is 9.97. The molecule has 4 rings (SSSR count). The molecule has 0 aliphatic carbocycles. The molecule has 0 spiro atoms. The van der Waals surface area contributed by atoms with Gasteiger partial charge in [0.1, 0.15) is 18.7 Å². The van der Waals surface area contributed by atoms with Gasteiger partial charge in [-0.1, -0.05) is 93.6 Å². The lowest BCUT2D eigenvalue weighted by Crippen LogP contribution is -2.59. The fraction of sp³-hybridized carbons (Fsp3) is 0.395. The quantitative estimate of drug-likeness (QED) is 0.0977. The van der Waals surface area contributed by atoms with Gasteiger partial charge in [0.05, 0.1) is 12.4 Å². The van der Waals surface area contributed by atoms with Gasteiger partial charge in [0, 0.05) is 30.8 Å². The molecule has 5 atom stereocenters. The van der Waals surface area contributed by atoms with E-state index in [0.29, 0.717) is 28.6 Å². The second-order valence-electron chi connectivity index (χ2n) is 12.9. The molecule has 0 radical (unpaired) electrons. The Balaban J connectivity index is 1.62. The standard InChI is InChI=1S/C38H48N6O6/c1-5-25(4)41-37(48)34(45)31(18-24(2)3)42-36(47)33(20-29-21-39-23-40-29)43-35(46)32(44-38(49)50-22-26-12-7-6-8-13-26)19-28-16-11-15-27-14-9-10-17-30(27)28/h6-17,21,23-25,31-34,45H,5,18-20,22H2,1-4H3,(H,39,40)(H,41,48)(H,42,47)(H,43,46)(H,44,49)/t25?,31-,32-,33-,34-/m0/s1/i/hD. The SMILES string of the molecule is [2H]N(C(=O)OCc1ccccc1)[C@@H](Cc1cccc2ccccc12)C(=O)N[C@@H](Cc1cnc[nH]1)C(=O)N[C@@H](CC(C)C)[C@H](O)C(=O)NC(C)CC. The van der Waals surface area contributed by atoms with E-state index in [-0.39, 0.29) is 37.8 Å². The van der Waals surface area contributed by atoms with Crippen LogP contribution >= 0.6 is 0 Å². The Morgan fingerprint density at radius 2 is 1.56 bits per heavy atom. The third kappa shape index (κ3) is 11.2. The Morgan fingerprint density at radius 3 is 2.26 bits per heavy atom. The molecular formula is C38H48N6O6. The van der Waals surface area contributed by atoms with Gasteiger partial charge in [-0.25, -0.2) is 9.78 Å². The Bertz CT molecular complexity index is 1730. The number of carbonyl (C=O) groups is 4. The summed E-state index contributed by atoms with van der Waals surface area (Å²) in [4.78, 5) is 61.3. The number of fused-ring (bicyclic) bond motifs is 1. The fourth-order valence-electron chi connectivity index (χ4n) is 5.52. The van der Waals surface area contributed by atoms with Gasteiger partial charge in [0.25, 0.3) is 5.91 Å². The van der Waals surface area contributed by atoms with Crippen LogP contribution in [0.3, 0.4) is 0 Å². The highest BCUT2D eigenvalue weighted by molar-refractivity contribution is 5.93. The molecule has 50 heavy (non-hydrogen) atoms. The molecule has 6 N–H and O–H groups in total. The van der Waals surface area contributed by atoms with E-state index < -0.39 is 48.0 Å². The van der Waals surface area contributed by atoms with Gasteiger partial charge in [-0.15, -0.1) is 0 Å². The molecule has 12 nitrogen and oxygen atoms in total. The number of ether oxygens (including phenoxy) is 1. The van der Waals surface area contributed by atoms with Gasteiger partial charge in [-0.2, -0.15) is 0 Å². The molecule has 0 bridgehead atoms. The topological polar surface area (TPSA) is 175 Å². The number of imidazole rings is 1. The summed E-state index contributed by atoms with van der Waals surface area (Å²) in [6.07, 6.45) is 1.22. The number of aromatic amines is 1. The predicted octanol–water partition coefficient (Wildman–Crippen LogP) is 3.93. The van der Waals surface area contributed by atoms with Gasteiger partial charge in [0.15, 0.2) is 7.52 Å². The summed E-state index contributed by atoms with van der Waals surface area (Å²) < 4.78 is 14.2. The monoisotopic (exact) mass is 685 g/mol. The number of rotatable bonds is 17. The van der Waals surface area contributed by atoms with E-state index in [9.17, 15) is 24.3 Å². The van der Waals surface area contributed by atoms with Gasteiger partial charge in [0.2, 0.25) is 11.8 Å². The number of hydrogen-bond acceptors (Lipinski definition) is 7. The van der Waals surface area contributed by atoms with Crippen LogP contribution < -0.4 is 21.3 Å². The largest absolute Gasteiger partial charge is 0.445 e. The number of carbonyl (C=O) groups excluding carboxylic acids is 4. The molecule has 0 saturated carbocycles. The van der Waals surface area contributed by atoms with E-state index in [1.807, 2.05) is 76.2 Å². The number of benzene rings is 3. The zero-order chi connectivity index (χ0) is 36.9. The zero-order valence-corrected chi connectivity index (χ0v) is 29.0. The molecule has 1 heterocycles. The van der Waals surface area contributed by atoms with Crippen molar-refractivity contribution in [3.05, 3.63) is 102 Å². The minimum Gasteiger partial charge on any atom is -0.445 e. The Kier molecular flexibility index (Phi) is 13.3. The molecule has 3 aromatic carbocycles. The molecule has 12 heteroatoms. The molecule has 266 valence electrons. The van der Waals surface area contributed by atoms with Crippen molar-refractivity contribution in [2.75, 3.05) is 0 Å². The van der Waals surface area contributed by atoms with Crippen LogP contribution in [-0.2, 0) is 38.6 Å². The van der Waals surface area contributed by atoms with Crippen LogP contribution in [0.15, 0.2) is 85.3 Å². The summed E-state index contributed by atoms with van der Waals surface area (Å²) in [5.74, 6) is -2.04. The van der Waals surface area contributed by atoms with Crippen LogP contribution in [0.4, 0.5) is 4.79 Å². The molecule has 0 aliphatic rings. The fourth-order valence-corrected chi connectivity index (χ4v) is 5.52. The van der Waals surface area contributed by atoms with E-state index in [4.69, 9.17) is 6.15 Å². The van der Waals surface area contributed by atoms with E-state index in [1.165, 1.54) is 12.5 Å². The summed E-state index contributed by atoms with van der Waals surface area (Å²) in [7, 11) is 0. The number of H-pyrrole nitrogens is 1. The highest BCUT2D eigenvalue weighted by Crippen LogP contribution is 2.20. The molecule has 1 unspecified atom stereocenters. The van der Waals surface area contributed by atoms with Gasteiger partial charge < -0.3 is 36.1 Å². The second kappa shape index (κ2) is 18.5. The van der Waals surface area contributed by atoms with E-state index in [2.05, 4.69) is 25.9 Å². The van der Waals surface area contributed by atoms with Gasteiger partial charge in [-0.05, 0) is 47.6 Å². The normalized spacial score (nSPS) is 14.5. The van der Waals surface area contributed by atoms with Crippen LogP contribution in [0.25, 0.3) is 10.8 Å². The van der Waals surface area contributed by atoms with Crippen molar-refractivity contribution < 1.29 is 30.4 Å². The van der Waals surface area contributed by atoms with Crippen LogP contribution in [0.5, 0.6) is 0 Å². The number of amides is 4. The van der Waals surface area contributed by atoms with Crippen LogP contribution in [0.2, 0.25) is 1.41 Å². The molecular weight excluding hydrogens is 636 g/mol. The van der Waals surface area contributed by atoms with E-state index in [1.54, 1.807) is 24.3 Å². The van der Waals surface area contributed by atoms with Crippen molar-refractivity contribution >= 4 is 34.6 Å². The molecule has 0 saturated heterocycles. The molecule has 1 aromatic heterocycles. The first-order valence-electron chi connectivity index (χ1n) is 17.4. The lowest BCUT2D eigenvalue weighted by Gasteiger charge is -2.29. The number of aromatic nitrogens is 2. The summed E-state index contributed by atoms with van der Waals surface area (Å²) in [6.45, 7) is 7.42. The Hall–Kier alpha value is -5.23. The summed E-state index contributed by atoms with van der Waals surface area (Å²) in [5.41, 5.74) is 1.95. The zero-order valence-electron chi connectivity index (χ0n) is 30.0. The first-order chi connectivity index (χ1) is 24.5.